The minimum atomic E-state index is -0.266. The van der Waals surface area contributed by atoms with E-state index in [0.29, 0.717) is 12.0 Å². The monoisotopic (exact) mass is 210 g/mol. The smallest absolute Gasteiger partial charge is 0.0675 e. The van der Waals surface area contributed by atoms with Gasteiger partial charge in [0, 0.05) is 11.3 Å². The minimum Gasteiger partial charge on any atom is -0.393 e. The molecule has 2 nitrogen and oxygen atoms in total. The molecule has 1 aliphatic carbocycles. The number of rotatable bonds is 2. The number of hydrogen-bond donors (Lipinski definition) is 1. The molecule has 0 radical (unpaired) electrons. The highest BCUT2D eigenvalue weighted by Gasteiger charge is 2.52. The van der Waals surface area contributed by atoms with Crippen molar-refractivity contribution in [1.82, 2.24) is 0 Å². The molecule has 4 unspecified atom stereocenters. The highest BCUT2D eigenvalue weighted by atomic mass is 16.5. The first kappa shape index (κ1) is 11.2. The van der Waals surface area contributed by atoms with Gasteiger partial charge in [0.2, 0.25) is 0 Å². The first-order valence-corrected chi connectivity index (χ1v) is 5.93. The molecule has 0 aromatic heterocycles. The lowest BCUT2D eigenvalue weighted by atomic mass is 9.67. The molecule has 1 fully saturated rings. The summed E-state index contributed by atoms with van der Waals surface area (Å²) in [5, 5.41) is 9.49. The van der Waals surface area contributed by atoms with E-state index in [2.05, 4.69) is 26.8 Å². The fourth-order valence-corrected chi connectivity index (χ4v) is 3.33. The van der Waals surface area contributed by atoms with Crippen LogP contribution in [0.2, 0.25) is 0 Å². The van der Waals surface area contributed by atoms with E-state index >= 15 is 0 Å². The predicted molar refractivity (Wildman–Crippen MR) is 60.6 cm³/mol. The molecule has 0 amide bonds. The molecule has 2 aliphatic rings. The molecule has 1 saturated heterocycles. The maximum absolute atomic E-state index is 9.49. The topological polar surface area (TPSA) is 29.5 Å². The normalized spacial score (nSPS) is 40.1. The number of ether oxygens (including phenoxy) is 1. The third kappa shape index (κ3) is 1.74. The summed E-state index contributed by atoms with van der Waals surface area (Å²) in [6.45, 7) is 8.63. The van der Waals surface area contributed by atoms with Gasteiger partial charge in [-0.05, 0) is 26.7 Å². The fourth-order valence-electron chi connectivity index (χ4n) is 3.33. The molecule has 86 valence electrons. The van der Waals surface area contributed by atoms with Crippen LogP contribution in [0, 0.1) is 11.3 Å². The Kier molecular flexibility index (Phi) is 2.68. The van der Waals surface area contributed by atoms with E-state index in [1.54, 1.807) is 0 Å². The van der Waals surface area contributed by atoms with Gasteiger partial charge in [0.05, 0.1) is 18.3 Å². The summed E-state index contributed by atoms with van der Waals surface area (Å²) < 4.78 is 6.07. The molecule has 2 heteroatoms. The maximum atomic E-state index is 9.49. The second kappa shape index (κ2) is 3.60. The van der Waals surface area contributed by atoms with E-state index < -0.39 is 0 Å². The largest absolute Gasteiger partial charge is 0.393 e. The molecule has 1 heterocycles. The summed E-state index contributed by atoms with van der Waals surface area (Å²) in [7, 11) is 0. The summed E-state index contributed by atoms with van der Waals surface area (Å²) in [5.41, 5.74) is 1.68. The van der Waals surface area contributed by atoms with Gasteiger partial charge in [-0.3, -0.25) is 0 Å². The van der Waals surface area contributed by atoms with E-state index in [4.69, 9.17) is 4.74 Å². The molecule has 1 aliphatic heterocycles. The molecular formula is C13H22O2. The van der Waals surface area contributed by atoms with Gasteiger partial charge in [-0.1, -0.05) is 25.5 Å². The Labute approximate surface area is 92.3 Å². The first-order chi connectivity index (χ1) is 6.93. The zero-order valence-electron chi connectivity index (χ0n) is 10.2. The number of fused-ring (bicyclic) bond motifs is 2. The standard InChI is InChI=1S/C13H22O2/c1-8-5-6-11-13(3,4)12(8)10(15-11)7-9(2)14/h5,9-12,14H,6-7H2,1-4H3. The lowest BCUT2D eigenvalue weighted by Gasteiger charge is -2.35. The lowest BCUT2D eigenvalue weighted by molar-refractivity contribution is 0.00117. The predicted octanol–water partition coefficient (Wildman–Crippen LogP) is 2.52. The quantitative estimate of drug-likeness (QED) is 0.710. The van der Waals surface area contributed by atoms with Crippen molar-refractivity contribution in [1.29, 1.82) is 0 Å². The average molecular weight is 210 g/mol. The van der Waals surface area contributed by atoms with E-state index in [1.807, 2.05) is 6.92 Å². The van der Waals surface area contributed by atoms with Crippen LogP contribution in [0.5, 0.6) is 0 Å². The van der Waals surface area contributed by atoms with E-state index in [9.17, 15) is 5.11 Å². The molecular weight excluding hydrogens is 188 g/mol. The SMILES string of the molecule is CC1=CCC2OC(CC(C)O)C1C2(C)C. The summed E-state index contributed by atoms with van der Waals surface area (Å²) in [6.07, 6.45) is 4.39. The Morgan fingerprint density at radius 2 is 2.27 bits per heavy atom. The summed E-state index contributed by atoms with van der Waals surface area (Å²) >= 11 is 0. The van der Waals surface area contributed by atoms with Crippen molar-refractivity contribution in [2.24, 2.45) is 11.3 Å². The Bertz CT molecular complexity index is 278. The minimum absolute atomic E-state index is 0.212. The van der Waals surface area contributed by atoms with Crippen LogP contribution in [0.3, 0.4) is 0 Å². The van der Waals surface area contributed by atoms with Crippen LogP contribution in [-0.4, -0.2) is 23.4 Å². The van der Waals surface area contributed by atoms with Gasteiger partial charge >= 0.3 is 0 Å². The Balaban J connectivity index is 2.22. The third-order valence-corrected chi connectivity index (χ3v) is 4.06. The van der Waals surface area contributed by atoms with Crippen molar-refractivity contribution in [2.75, 3.05) is 0 Å². The van der Waals surface area contributed by atoms with Gasteiger partial charge < -0.3 is 9.84 Å². The molecule has 0 aromatic rings. The van der Waals surface area contributed by atoms with Crippen molar-refractivity contribution in [3.63, 3.8) is 0 Å². The van der Waals surface area contributed by atoms with Crippen molar-refractivity contribution >= 4 is 0 Å². The molecule has 0 saturated carbocycles. The molecule has 4 atom stereocenters. The molecule has 0 spiro atoms. The summed E-state index contributed by atoms with van der Waals surface area (Å²) in [6, 6.07) is 0. The van der Waals surface area contributed by atoms with Gasteiger partial charge in [0.25, 0.3) is 0 Å². The highest BCUT2D eigenvalue weighted by Crippen LogP contribution is 2.52. The van der Waals surface area contributed by atoms with Gasteiger partial charge in [0.1, 0.15) is 0 Å². The van der Waals surface area contributed by atoms with Crippen molar-refractivity contribution in [2.45, 2.75) is 58.8 Å². The van der Waals surface area contributed by atoms with Gasteiger partial charge in [-0.25, -0.2) is 0 Å². The summed E-state index contributed by atoms with van der Waals surface area (Å²) in [4.78, 5) is 0. The number of aliphatic hydroxyl groups excluding tert-OH is 1. The second-order valence-corrected chi connectivity index (χ2v) is 5.73. The molecule has 0 aromatic carbocycles. The van der Waals surface area contributed by atoms with Gasteiger partial charge in [-0.15, -0.1) is 0 Å². The van der Waals surface area contributed by atoms with Crippen LogP contribution in [0.4, 0.5) is 0 Å². The van der Waals surface area contributed by atoms with Crippen LogP contribution in [0.15, 0.2) is 11.6 Å². The second-order valence-electron chi connectivity index (χ2n) is 5.73. The van der Waals surface area contributed by atoms with E-state index in [-0.39, 0.29) is 17.6 Å². The van der Waals surface area contributed by atoms with E-state index in [1.165, 1.54) is 5.57 Å². The van der Waals surface area contributed by atoms with Gasteiger partial charge in [0.15, 0.2) is 0 Å². The van der Waals surface area contributed by atoms with Crippen LogP contribution >= 0.6 is 0 Å². The summed E-state index contributed by atoms with van der Waals surface area (Å²) in [5.74, 6) is 0.492. The lowest BCUT2D eigenvalue weighted by Crippen LogP contribution is -2.35. The average Bonchev–Trinajstić information content (AvgIpc) is 2.25. The van der Waals surface area contributed by atoms with Crippen LogP contribution in [-0.2, 0) is 4.74 Å². The fraction of sp³-hybridized carbons (Fsp3) is 0.846. The zero-order chi connectivity index (χ0) is 11.2. The number of aliphatic hydroxyl groups is 1. The maximum Gasteiger partial charge on any atom is 0.0675 e. The van der Waals surface area contributed by atoms with Crippen molar-refractivity contribution in [3.8, 4) is 0 Å². The Morgan fingerprint density at radius 1 is 1.60 bits per heavy atom. The molecule has 2 bridgehead atoms. The Hall–Kier alpha value is -0.340. The van der Waals surface area contributed by atoms with Crippen LogP contribution in [0.25, 0.3) is 0 Å². The molecule has 2 rings (SSSR count). The van der Waals surface area contributed by atoms with Crippen molar-refractivity contribution < 1.29 is 9.84 Å². The third-order valence-electron chi connectivity index (χ3n) is 4.06. The van der Waals surface area contributed by atoms with Crippen LogP contribution < -0.4 is 0 Å². The van der Waals surface area contributed by atoms with Crippen molar-refractivity contribution in [3.05, 3.63) is 11.6 Å². The van der Waals surface area contributed by atoms with Crippen LogP contribution in [0.1, 0.15) is 40.5 Å². The Morgan fingerprint density at radius 3 is 2.87 bits per heavy atom. The van der Waals surface area contributed by atoms with E-state index in [0.717, 1.165) is 12.8 Å². The highest BCUT2D eigenvalue weighted by molar-refractivity contribution is 5.20. The molecule has 15 heavy (non-hydrogen) atoms. The first-order valence-electron chi connectivity index (χ1n) is 5.93. The molecule has 1 N–H and O–H groups in total. The zero-order valence-corrected chi connectivity index (χ0v) is 10.2. The number of hydrogen-bond acceptors (Lipinski definition) is 2. The van der Waals surface area contributed by atoms with Gasteiger partial charge in [-0.2, -0.15) is 0 Å².